The number of hydrogen-bond donors (Lipinski definition) is 0. The molecule has 2 aromatic rings. The van der Waals surface area contributed by atoms with E-state index < -0.39 is 6.04 Å². The third-order valence-electron chi connectivity index (χ3n) is 5.68. The highest BCUT2D eigenvalue weighted by Gasteiger charge is 2.34. The number of hydrogen-bond acceptors (Lipinski definition) is 4. The number of aryl methyl sites for hydroxylation is 1. The molecule has 0 aromatic heterocycles. The van der Waals surface area contributed by atoms with Crippen LogP contribution in [0.3, 0.4) is 0 Å². The van der Waals surface area contributed by atoms with Crippen LogP contribution in [0, 0.1) is 17.0 Å². The molecule has 0 aliphatic carbocycles. The zero-order chi connectivity index (χ0) is 23.0. The fourth-order valence-corrected chi connectivity index (χ4v) is 6.64. The van der Waals surface area contributed by atoms with E-state index in [1.165, 1.54) is 63.4 Å². The fraction of sp³-hybridized carbons (Fsp3) is 0.556. The first-order valence-electron chi connectivity index (χ1n) is 12.1. The van der Waals surface area contributed by atoms with E-state index in [4.69, 9.17) is 0 Å². The largest absolute Gasteiger partial charge is 0.264 e. The third kappa shape index (κ3) is 10.4. The normalized spacial score (nSPS) is 13.1. The van der Waals surface area contributed by atoms with E-state index in [-0.39, 0.29) is 9.51 Å². The van der Waals surface area contributed by atoms with Gasteiger partial charge in [-0.15, -0.1) is 23.5 Å². The Kier molecular flexibility index (Phi) is 13.6. The number of nitro groups is 1. The molecular weight excluding hydrogens is 434 g/mol. The Hall–Kier alpha value is -1.46. The van der Waals surface area contributed by atoms with E-state index in [0.29, 0.717) is 0 Å². The molecule has 0 spiro atoms. The van der Waals surface area contributed by atoms with Gasteiger partial charge in [0, 0.05) is 15.4 Å². The van der Waals surface area contributed by atoms with E-state index in [9.17, 15) is 10.1 Å². The van der Waals surface area contributed by atoms with Gasteiger partial charge in [-0.25, -0.2) is 0 Å². The summed E-state index contributed by atoms with van der Waals surface area (Å²) < 4.78 is -0.145. The Morgan fingerprint density at radius 3 is 1.94 bits per heavy atom. The molecule has 3 nitrogen and oxygen atoms in total. The minimum Gasteiger partial charge on any atom is -0.264 e. The maximum absolute atomic E-state index is 12.1. The van der Waals surface area contributed by atoms with Gasteiger partial charge in [0.15, 0.2) is 0 Å². The van der Waals surface area contributed by atoms with Gasteiger partial charge < -0.3 is 0 Å². The molecule has 0 N–H and O–H groups in total. The van der Waals surface area contributed by atoms with Crippen LogP contribution in [0.4, 0.5) is 0 Å². The van der Waals surface area contributed by atoms with Crippen LogP contribution in [0.15, 0.2) is 59.5 Å². The van der Waals surface area contributed by atoms with Crippen molar-refractivity contribution in [2.75, 3.05) is 5.75 Å². The predicted molar refractivity (Wildman–Crippen MR) is 141 cm³/mol. The first-order valence-corrected chi connectivity index (χ1v) is 14.1. The Morgan fingerprint density at radius 2 is 1.38 bits per heavy atom. The zero-order valence-corrected chi connectivity index (χ0v) is 21.3. The summed E-state index contributed by atoms with van der Waals surface area (Å²) >= 11 is 3.38. The first-order chi connectivity index (χ1) is 15.6. The van der Waals surface area contributed by atoms with Gasteiger partial charge in [-0.2, -0.15) is 0 Å². The van der Waals surface area contributed by atoms with Gasteiger partial charge >= 0.3 is 0 Å². The number of rotatable bonds is 17. The lowest BCUT2D eigenvalue weighted by Gasteiger charge is -2.21. The summed E-state index contributed by atoms with van der Waals surface area (Å²) in [6, 6.07) is 17.1. The molecule has 0 saturated carbocycles. The highest BCUT2D eigenvalue weighted by Crippen LogP contribution is 2.41. The average Bonchev–Trinajstić information content (AvgIpc) is 2.79. The maximum atomic E-state index is 12.1. The predicted octanol–water partition coefficient (Wildman–Crippen LogP) is 9.09. The van der Waals surface area contributed by atoms with Crippen molar-refractivity contribution in [1.29, 1.82) is 0 Å². The molecule has 2 aromatic carbocycles. The van der Waals surface area contributed by atoms with E-state index in [1.54, 1.807) is 23.5 Å². The van der Waals surface area contributed by atoms with E-state index >= 15 is 0 Å². The van der Waals surface area contributed by atoms with Crippen LogP contribution in [-0.4, -0.2) is 15.3 Å². The van der Waals surface area contributed by atoms with Gasteiger partial charge in [0.1, 0.15) is 4.58 Å². The van der Waals surface area contributed by atoms with Gasteiger partial charge in [-0.05, 0) is 31.2 Å². The molecule has 2 atom stereocenters. The van der Waals surface area contributed by atoms with Crippen molar-refractivity contribution in [2.24, 2.45) is 0 Å². The van der Waals surface area contributed by atoms with Crippen LogP contribution in [0.5, 0.6) is 0 Å². The van der Waals surface area contributed by atoms with Crippen LogP contribution in [0.2, 0.25) is 0 Å². The van der Waals surface area contributed by atoms with Gasteiger partial charge in [0.25, 0.3) is 6.04 Å². The summed E-state index contributed by atoms with van der Waals surface area (Å²) in [4.78, 5) is 13.1. The molecule has 0 amide bonds. The van der Waals surface area contributed by atoms with Crippen molar-refractivity contribution < 1.29 is 4.92 Å². The second-order valence-corrected chi connectivity index (χ2v) is 11.3. The Morgan fingerprint density at radius 1 is 0.812 bits per heavy atom. The van der Waals surface area contributed by atoms with Crippen LogP contribution in [0.25, 0.3) is 0 Å². The molecule has 0 bridgehead atoms. The lowest BCUT2D eigenvalue weighted by molar-refractivity contribution is -0.524. The lowest BCUT2D eigenvalue weighted by Crippen LogP contribution is -2.21. The molecule has 0 aliphatic rings. The molecule has 5 heteroatoms. The fourth-order valence-electron chi connectivity index (χ4n) is 3.76. The van der Waals surface area contributed by atoms with E-state index in [2.05, 4.69) is 38.1 Å². The lowest BCUT2D eigenvalue weighted by atomic mass is 10.1. The van der Waals surface area contributed by atoms with E-state index in [1.807, 2.05) is 30.3 Å². The zero-order valence-electron chi connectivity index (χ0n) is 19.7. The molecule has 0 radical (unpaired) electrons. The van der Waals surface area contributed by atoms with Crippen molar-refractivity contribution in [1.82, 2.24) is 0 Å². The van der Waals surface area contributed by atoms with Crippen molar-refractivity contribution in [2.45, 2.75) is 93.6 Å². The SMILES string of the molecule is CCCCCCCCCCCCSC(Sc1ccc(C)cc1)C(c1ccccc1)[N+](=O)[O-]. The van der Waals surface area contributed by atoms with Crippen molar-refractivity contribution in [3.8, 4) is 0 Å². The monoisotopic (exact) mass is 473 g/mol. The molecule has 2 unspecified atom stereocenters. The van der Waals surface area contributed by atoms with Gasteiger partial charge in [0.2, 0.25) is 0 Å². The number of benzene rings is 2. The summed E-state index contributed by atoms with van der Waals surface area (Å²) in [5.41, 5.74) is 2.00. The van der Waals surface area contributed by atoms with Crippen molar-refractivity contribution >= 4 is 23.5 Å². The van der Waals surface area contributed by atoms with Crippen molar-refractivity contribution in [3.05, 3.63) is 75.8 Å². The third-order valence-corrected chi connectivity index (χ3v) is 8.52. The van der Waals surface area contributed by atoms with Crippen LogP contribution < -0.4 is 0 Å². The Balaban J connectivity index is 1.85. The van der Waals surface area contributed by atoms with Crippen molar-refractivity contribution in [3.63, 3.8) is 0 Å². The minimum atomic E-state index is -0.712. The van der Waals surface area contributed by atoms with Gasteiger partial charge in [0.05, 0.1) is 0 Å². The van der Waals surface area contributed by atoms with Crippen LogP contribution in [0.1, 0.15) is 88.3 Å². The molecule has 176 valence electrons. The number of unbranched alkanes of at least 4 members (excludes halogenated alkanes) is 9. The number of thioether (sulfide) groups is 2. The Labute approximate surface area is 203 Å². The first kappa shape index (κ1) is 26.8. The topological polar surface area (TPSA) is 43.1 Å². The summed E-state index contributed by atoms with van der Waals surface area (Å²) in [6.07, 6.45) is 13.1. The molecule has 0 heterocycles. The van der Waals surface area contributed by atoms with Crippen LogP contribution in [-0.2, 0) is 0 Å². The summed E-state index contributed by atoms with van der Waals surface area (Å²) in [7, 11) is 0. The second-order valence-electron chi connectivity index (χ2n) is 8.49. The molecule has 0 fully saturated rings. The molecule has 32 heavy (non-hydrogen) atoms. The Bertz CT molecular complexity index is 752. The molecular formula is C27H39NO2S2. The molecule has 0 saturated heterocycles. The summed E-state index contributed by atoms with van der Waals surface area (Å²) in [5.74, 6) is 0.969. The minimum absolute atomic E-state index is 0.104. The van der Waals surface area contributed by atoms with E-state index in [0.717, 1.165) is 22.6 Å². The summed E-state index contributed by atoms with van der Waals surface area (Å²) in [5, 5.41) is 12.1. The standard InChI is InChI=1S/C27H39NO2S2/c1-3-4-5-6-7-8-9-10-11-15-22-31-27(32-25-20-18-23(2)19-21-25)26(28(29)30)24-16-13-12-14-17-24/h12-14,16-21,26-27H,3-11,15,22H2,1-2H3. The highest BCUT2D eigenvalue weighted by molar-refractivity contribution is 8.17. The molecule has 2 rings (SSSR count). The van der Waals surface area contributed by atoms with Gasteiger partial charge in [-0.3, -0.25) is 10.1 Å². The van der Waals surface area contributed by atoms with Gasteiger partial charge in [-0.1, -0.05) is 113 Å². The smallest absolute Gasteiger partial charge is 0.259 e. The summed E-state index contributed by atoms with van der Waals surface area (Å²) in [6.45, 7) is 4.32. The quantitative estimate of drug-likeness (QED) is 0.0755. The number of nitrogens with zero attached hydrogens (tertiary/aromatic N) is 1. The maximum Gasteiger partial charge on any atom is 0.259 e. The highest BCUT2D eigenvalue weighted by atomic mass is 32.2. The second kappa shape index (κ2) is 16.2. The molecule has 0 aliphatic heterocycles. The average molecular weight is 474 g/mol. The van der Waals surface area contributed by atoms with Crippen LogP contribution >= 0.6 is 23.5 Å².